The average molecular weight is 327 g/mol. The summed E-state index contributed by atoms with van der Waals surface area (Å²) < 4.78 is 0. The minimum atomic E-state index is -1.29. The maximum atomic E-state index is 10.1. The zero-order valence-electron chi connectivity index (χ0n) is 7.47. The van der Waals surface area contributed by atoms with Crippen LogP contribution in [0, 0.1) is 0 Å². The number of carboxylic acid groups (broad SMARTS) is 2. The Kier molecular flexibility index (Phi) is 14.3. The third kappa shape index (κ3) is 6.90. The predicted molar refractivity (Wildman–Crippen MR) is 50.5 cm³/mol. The summed E-state index contributed by atoms with van der Waals surface area (Å²) in [4.78, 5) is 20.1. The second-order valence-corrected chi connectivity index (χ2v) is 2.68. The molecule has 0 aliphatic heterocycles. The summed E-state index contributed by atoms with van der Waals surface area (Å²) in [7, 11) is 0. The van der Waals surface area contributed by atoms with Crippen LogP contribution in [0.1, 0.15) is 1.43 Å². The Morgan fingerprint density at radius 2 is 1.25 bits per heavy atom. The SMILES string of the molecule is O=C(O)C(S)C(S)C(=O)O.[H-].[Na+].[SnH2]. The molecule has 0 heterocycles. The van der Waals surface area contributed by atoms with Gasteiger partial charge in [0.2, 0.25) is 0 Å². The van der Waals surface area contributed by atoms with E-state index in [1.807, 2.05) is 0 Å². The van der Waals surface area contributed by atoms with Gasteiger partial charge < -0.3 is 11.6 Å². The molecule has 2 unspecified atom stereocenters. The molecule has 0 saturated heterocycles. The fourth-order valence-corrected chi connectivity index (χ4v) is 0.525. The molecule has 0 fully saturated rings. The van der Waals surface area contributed by atoms with Crippen molar-refractivity contribution in [3.8, 4) is 0 Å². The van der Waals surface area contributed by atoms with Crippen molar-refractivity contribution < 1.29 is 50.8 Å². The van der Waals surface area contributed by atoms with E-state index in [0.717, 1.165) is 0 Å². The van der Waals surface area contributed by atoms with E-state index >= 15 is 0 Å². The van der Waals surface area contributed by atoms with Gasteiger partial charge >= 0.3 is 65.4 Å². The van der Waals surface area contributed by atoms with Crippen LogP contribution in [-0.4, -0.2) is 56.6 Å². The molecule has 0 rings (SSSR count). The van der Waals surface area contributed by atoms with Gasteiger partial charge in [-0.15, -0.1) is 0 Å². The molecule has 4 nitrogen and oxygen atoms in total. The van der Waals surface area contributed by atoms with Gasteiger partial charge in [-0.1, -0.05) is 0 Å². The number of carbonyl (C=O) groups is 2. The summed E-state index contributed by atoms with van der Waals surface area (Å²) in [6, 6.07) is 0. The zero-order valence-corrected chi connectivity index (χ0v) is 14.3. The Balaban J connectivity index is -0.000000135. The molecule has 0 aliphatic rings. The van der Waals surface area contributed by atoms with Crippen LogP contribution in [0.5, 0.6) is 0 Å². The second kappa shape index (κ2) is 9.01. The van der Waals surface area contributed by atoms with E-state index in [1.54, 1.807) is 0 Å². The van der Waals surface area contributed by atoms with Gasteiger partial charge in [0, 0.05) is 0 Å². The molecule has 0 aromatic heterocycles. The van der Waals surface area contributed by atoms with Gasteiger partial charge in [-0.05, 0) is 0 Å². The van der Waals surface area contributed by atoms with Crippen LogP contribution in [0.2, 0.25) is 0 Å². The average Bonchev–Trinajstić information content (AvgIpc) is 1.84. The topological polar surface area (TPSA) is 74.6 Å². The molecule has 12 heavy (non-hydrogen) atoms. The second-order valence-electron chi connectivity index (χ2n) is 1.57. The quantitative estimate of drug-likeness (QED) is 0.315. The van der Waals surface area contributed by atoms with Gasteiger partial charge in [0.05, 0.1) is 0 Å². The van der Waals surface area contributed by atoms with Crippen molar-refractivity contribution in [2.75, 3.05) is 0 Å². The molecule has 2 atom stereocenters. The van der Waals surface area contributed by atoms with Gasteiger partial charge in [0.1, 0.15) is 10.5 Å². The molecular weight excluding hydrogens is 318 g/mol. The Labute approximate surface area is 121 Å². The molecular formula is C4H9NaO4S2Sn. The fourth-order valence-electron chi connectivity index (χ4n) is 0.270. The van der Waals surface area contributed by atoms with Crippen LogP contribution in [0.3, 0.4) is 0 Å². The van der Waals surface area contributed by atoms with Crippen LogP contribution >= 0.6 is 25.3 Å². The summed E-state index contributed by atoms with van der Waals surface area (Å²) in [5, 5.41) is 13.9. The first kappa shape index (κ1) is 19.1. The Bertz CT molecular complexity index is 154. The molecule has 0 aromatic carbocycles. The Hall–Kier alpha value is 1.44. The van der Waals surface area contributed by atoms with Crippen molar-refractivity contribution in [1.29, 1.82) is 0 Å². The summed E-state index contributed by atoms with van der Waals surface area (Å²) in [6.45, 7) is 0. The van der Waals surface area contributed by atoms with E-state index in [4.69, 9.17) is 10.2 Å². The normalized spacial score (nSPS) is 13.2. The molecule has 0 bridgehead atoms. The van der Waals surface area contributed by atoms with Gasteiger partial charge in [0.25, 0.3) is 0 Å². The van der Waals surface area contributed by atoms with Crippen LogP contribution in [0.4, 0.5) is 0 Å². The number of carboxylic acids is 2. The molecule has 8 heteroatoms. The molecule has 0 aromatic rings. The minimum absolute atomic E-state index is 0. The van der Waals surface area contributed by atoms with Crippen molar-refractivity contribution in [1.82, 2.24) is 0 Å². The molecule has 2 N–H and O–H groups in total. The van der Waals surface area contributed by atoms with Gasteiger partial charge in [-0.25, -0.2) is 0 Å². The van der Waals surface area contributed by atoms with E-state index in [-0.39, 0.29) is 54.9 Å². The first-order valence-corrected chi connectivity index (χ1v) is 3.32. The van der Waals surface area contributed by atoms with Gasteiger partial charge in [0.15, 0.2) is 0 Å². The molecule has 0 saturated carbocycles. The van der Waals surface area contributed by atoms with E-state index in [1.165, 1.54) is 0 Å². The van der Waals surface area contributed by atoms with Crippen LogP contribution in [0.15, 0.2) is 0 Å². The third-order valence-corrected chi connectivity index (χ3v) is 2.08. The molecule has 2 radical (unpaired) electrons. The number of hydrogen-bond donors (Lipinski definition) is 4. The summed E-state index contributed by atoms with van der Waals surface area (Å²) in [5.41, 5.74) is 0. The van der Waals surface area contributed by atoms with Crippen molar-refractivity contribution in [2.45, 2.75) is 10.5 Å². The zero-order chi connectivity index (χ0) is 8.31. The van der Waals surface area contributed by atoms with E-state index in [9.17, 15) is 9.59 Å². The number of thiol groups is 2. The first-order chi connectivity index (χ1) is 4.46. The van der Waals surface area contributed by atoms with Gasteiger partial charge in [-0.3, -0.25) is 9.59 Å². The van der Waals surface area contributed by atoms with Crippen LogP contribution in [0.25, 0.3) is 0 Å². The molecule has 0 spiro atoms. The van der Waals surface area contributed by atoms with E-state index in [2.05, 4.69) is 25.3 Å². The first-order valence-electron chi connectivity index (χ1n) is 2.28. The van der Waals surface area contributed by atoms with Crippen molar-refractivity contribution in [2.24, 2.45) is 0 Å². The summed E-state index contributed by atoms with van der Waals surface area (Å²) in [6.07, 6.45) is 0. The van der Waals surface area contributed by atoms with Gasteiger partial charge in [-0.2, -0.15) is 25.3 Å². The summed E-state index contributed by atoms with van der Waals surface area (Å²) >= 11 is 7.00. The Morgan fingerprint density at radius 1 is 1.08 bits per heavy atom. The van der Waals surface area contributed by atoms with Crippen LogP contribution < -0.4 is 29.6 Å². The number of hydrogen-bond acceptors (Lipinski definition) is 4. The van der Waals surface area contributed by atoms with Crippen LogP contribution in [-0.2, 0) is 9.59 Å². The van der Waals surface area contributed by atoms with E-state index < -0.39 is 22.4 Å². The maximum absolute atomic E-state index is 10.1. The van der Waals surface area contributed by atoms with Crippen molar-refractivity contribution in [3.63, 3.8) is 0 Å². The summed E-state index contributed by atoms with van der Waals surface area (Å²) in [5.74, 6) is -2.57. The van der Waals surface area contributed by atoms with E-state index in [0.29, 0.717) is 0 Å². The fraction of sp³-hybridized carbons (Fsp3) is 0.500. The van der Waals surface area contributed by atoms with Crippen molar-refractivity contribution in [3.05, 3.63) is 0 Å². The standard InChI is InChI=1S/C4H6O4S2.Na.Sn.3H/c5-3(6)1(9)2(10)4(7)8;;;;;/h1-2,9-10H,(H,5,6)(H,7,8);;;;;/q;+1;;;;-1. The Morgan fingerprint density at radius 3 is 1.33 bits per heavy atom. The molecule has 0 aliphatic carbocycles. The predicted octanol–water partition coefficient (Wildman–Crippen LogP) is -4.05. The number of aliphatic carboxylic acids is 2. The monoisotopic (exact) mass is 328 g/mol. The molecule has 66 valence electrons. The number of rotatable bonds is 3. The molecule has 0 amide bonds. The third-order valence-electron chi connectivity index (χ3n) is 0.805. The van der Waals surface area contributed by atoms with Crippen molar-refractivity contribution >= 4 is 61.1 Å².